The molecule has 144 valence electrons. The van der Waals surface area contributed by atoms with Crippen molar-refractivity contribution in [3.05, 3.63) is 65.7 Å². The van der Waals surface area contributed by atoms with Gasteiger partial charge in [-0.15, -0.1) is 0 Å². The highest BCUT2D eigenvalue weighted by Gasteiger charge is 2.34. The molecule has 0 saturated carbocycles. The molecule has 1 heterocycles. The number of hydrogen-bond donors (Lipinski definition) is 1. The first-order valence-corrected chi connectivity index (χ1v) is 9.26. The van der Waals surface area contributed by atoms with Crippen LogP contribution in [0.4, 0.5) is 4.79 Å². The Kier molecular flexibility index (Phi) is 6.01. The van der Waals surface area contributed by atoms with Gasteiger partial charge < -0.3 is 19.5 Å². The van der Waals surface area contributed by atoms with Gasteiger partial charge in [0.15, 0.2) is 0 Å². The fraction of sp³-hybridized carbons (Fsp3) is 0.409. The minimum absolute atomic E-state index is 0.0477. The van der Waals surface area contributed by atoms with Crippen LogP contribution in [-0.4, -0.2) is 30.4 Å². The second kappa shape index (κ2) is 8.44. The first kappa shape index (κ1) is 19.2. The van der Waals surface area contributed by atoms with Gasteiger partial charge in [-0.1, -0.05) is 42.5 Å². The fourth-order valence-electron chi connectivity index (χ4n) is 2.74. The number of epoxide rings is 1. The summed E-state index contributed by atoms with van der Waals surface area (Å²) < 4.78 is 16.6. The largest absolute Gasteiger partial charge is 0.489 e. The number of hydrogen-bond acceptors (Lipinski definition) is 4. The lowest BCUT2D eigenvalue weighted by molar-refractivity contribution is 0.0495. The van der Waals surface area contributed by atoms with Gasteiger partial charge in [-0.25, -0.2) is 4.79 Å². The molecule has 2 aromatic rings. The van der Waals surface area contributed by atoms with E-state index in [1.165, 1.54) is 0 Å². The van der Waals surface area contributed by atoms with Gasteiger partial charge in [-0.05, 0) is 50.5 Å². The zero-order valence-corrected chi connectivity index (χ0v) is 16.1. The van der Waals surface area contributed by atoms with E-state index in [1.807, 2.05) is 75.4 Å². The Balaban J connectivity index is 1.53. The van der Waals surface area contributed by atoms with E-state index in [-0.39, 0.29) is 12.1 Å². The monoisotopic (exact) mass is 369 g/mol. The van der Waals surface area contributed by atoms with Crippen LogP contribution in [0.1, 0.15) is 31.9 Å². The number of rotatable bonds is 7. The lowest BCUT2D eigenvalue weighted by Crippen LogP contribution is -2.43. The summed E-state index contributed by atoms with van der Waals surface area (Å²) in [4.78, 5) is 12.1. The maximum absolute atomic E-state index is 12.1. The molecule has 5 nitrogen and oxygen atoms in total. The molecule has 1 fully saturated rings. The van der Waals surface area contributed by atoms with Gasteiger partial charge in [0.2, 0.25) is 0 Å². The number of carbonyl (C=O) groups is 1. The molecular formula is C22H27NO4. The van der Waals surface area contributed by atoms with Crippen LogP contribution < -0.4 is 10.1 Å². The molecule has 3 rings (SSSR count). The second-order valence-electron chi connectivity index (χ2n) is 7.75. The van der Waals surface area contributed by atoms with Gasteiger partial charge >= 0.3 is 6.09 Å². The van der Waals surface area contributed by atoms with Crippen LogP contribution in [0.2, 0.25) is 0 Å². The van der Waals surface area contributed by atoms with Crippen LogP contribution >= 0.6 is 0 Å². The minimum Gasteiger partial charge on any atom is -0.489 e. The lowest BCUT2D eigenvalue weighted by Gasteiger charge is -2.23. The topological polar surface area (TPSA) is 60.1 Å². The molecule has 27 heavy (non-hydrogen) atoms. The van der Waals surface area contributed by atoms with E-state index >= 15 is 0 Å². The van der Waals surface area contributed by atoms with E-state index in [0.29, 0.717) is 19.6 Å². The van der Waals surface area contributed by atoms with Gasteiger partial charge in [0.05, 0.1) is 12.6 Å². The zero-order valence-electron chi connectivity index (χ0n) is 16.1. The molecule has 0 bridgehead atoms. The fourth-order valence-corrected chi connectivity index (χ4v) is 2.74. The van der Waals surface area contributed by atoms with E-state index in [0.717, 1.165) is 16.9 Å². The van der Waals surface area contributed by atoms with Crippen molar-refractivity contribution in [1.29, 1.82) is 0 Å². The summed E-state index contributed by atoms with van der Waals surface area (Å²) in [6, 6.07) is 17.9. The maximum Gasteiger partial charge on any atom is 0.407 e. The molecule has 0 aliphatic carbocycles. The first-order chi connectivity index (χ1) is 12.9. The molecule has 0 unspecified atom stereocenters. The Morgan fingerprint density at radius 3 is 2.37 bits per heavy atom. The van der Waals surface area contributed by atoms with Gasteiger partial charge in [-0.3, -0.25) is 0 Å². The van der Waals surface area contributed by atoms with Crippen molar-refractivity contribution in [2.24, 2.45) is 0 Å². The number of alkyl carbamates (subject to hydrolysis) is 1. The van der Waals surface area contributed by atoms with E-state index in [9.17, 15) is 4.79 Å². The van der Waals surface area contributed by atoms with E-state index in [1.54, 1.807) is 0 Å². The minimum atomic E-state index is -0.517. The molecule has 0 spiro atoms. The predicted octanol–water partition coefficient (Wildman–Crippen LogP) is 4.10. The Bertz CT molecular complexity index is 733. The maximum atomic E-state index is 12.1. The molecule has 1 aliphatic heterocycles. The van der Waals surface area contributed by atoms with Crippen molar-refractivity contribution in [3.8, 4) is 5.75 Å². The Morgan fingerprint density at radius 2 is 1.78 bits per heavy atom. The third kappa shape index (κ3) is 6.61. The summed E-state index contributed by atoms with van der Waals surface area (Å²) in [7, 11) is 0. The highest BCUT2D eigenvalue weighted by Crippen LogP contribution is 2.21. The first-order valence-electron chi connectivity index (χ1n) is 9.26. The van der Waals surface area contributed by atoms with Crippen LogP contribution in [0.15, 0.2) is 54.6 Å². The van der Waals surface area contributed by atoms with Gasteiger partial charge in [0.25, 0.3) is 0 Å². The Labute approximate surface area is 160 Å². The molecule has 1 N–H and O–H groups in total. The average molecular weight is 369 g/mol. The highest BCUT2D eigenvalue weighted by atomic mass is 16.6. The summed E-state index contributed by atoms with van der Waals surface area (Å²) in [6.45, 7) is 6.76. The number of amides is 1. The molecular weight excluding hydrogens is 342 g/mol. The molecule has 0 aromatic heterocycles. The van der Waals surface area contributed by atoms with E-state index in [4.69, 9.17) is 14.2 Å². The van der Waals surface area contributed by atoms with Crippen molar-refractivity contribution in [2.45, 2.75) is 51.5 Å². The number of nitrogens with one attached hydrogen (secondary N) is 1. The summed E-state index contributed by atoms with van der Waals surface area (Å²) in [5, 5.41) is 2.93. The Morgan fingerprint density at radius 1 is 1.11 bits per heavy atom. The van der Waals surface area contributed by atoms with Crippen molar-refractivity contribution < 1.29 is 19.0 Å². The van der Waals surface area contributed by atoms with Crippen molar-refractivity contribution in [2.75, 3.05) is 6.61 Å². The van der Waals surface area contributed by atoms with Crippen LogP contribution in [0, 0.1) is 0 Å². The molecule has 2 atom stereocenters. The Hall–Kier alpha value is -2.53. The number of carbonyl (C=O) groups excluding carboxylic acids is 1. The van der Waals surface area contributed by atoms with Crippen LogP contribution in [-0.2, 0) is 22.5 Å². The third-order valence-corrected chi connectivity index (χ3v) is 4.14. The quantitative estimate of drug-likeness (QED) is 0.747. The predicted molar refractivity (Wildman–Crippen MR) is 104 cm³/mol. The van der Waals surface area contributed by atoms with E-state index < -0.39 is 11.7 Å². The molecule has 1 saturated heterocycles. The molecule has 2 aromatic carbocycles. The van der Waals surface area contributed by atoms with Crippen LogP contribution in [0.25, 0.3) is 0 Å². The summed E-state index contributed by atoms with van der Waals surface area (Å²) in [5.74, 6) is 0.821. The normalized spacial score (nSPS) is 17.1. The smallest absolute Gasteiger partial charge is 0.407 e. The van der Waals surface area contributed by atoms with E-state index in [2.05, 4.69) is 5.32 Å². The van der Waals surface area contributed by atoms with Crippen LogP contribution in [0.3, 0.4) is 0 Å². The SMILES string of the molecule is CC(C)(C)OC(=O)N[C@H](Cc1ccc(OCc2ccccc2)cc1)[C@@H]1CO1. The number of benzene rings is 2. The summed E-state index contributed by atoms with van der Waals surface area (Å²) >= 11 is 0. The molecule has 1 aliphatic rings. The van der Waals surface area contributed by atoms with Gasteiger partial charge in [-0.2, -0.15) is 0 Å². The average Bonchev–Trinajstić information content (AvgIpc) is 3.45. The molecule has 0 radical (unpaired) electrons. The standard InChI is InChI=1S/C22H27NO4/c1-22(2,3)27-21(24)23-19(20-15-26-20)13-16-9-11-18(12-10-16)25-14-17-7-5-4-6-8-17/h4-12,19-20H,13-15H2,1-3H3,(H,23,24)/t19-,20+/m1/s1. The van der Waals surface area contributed by atoms with Gasteiger partial charge in [0.1, 0.15) is 24.1 Å². The highest BCUT2D eigenvalue weighted by molar-refractivity contribution is 5.68. The van der Waals surface area contributed by atoms with Crippen molar-refractivity contribution >= 4 is 6.09 Å². The molecule has 5 heteroatoms. The third-order valence-electron chi connectivity index (χ3n) is 4.14. The van der Waals surface area contributed by atoms with Gasteiger partial charge in [0, 0.05) is 0 Å². The molecule has 1 amide bonds. The second-order valence-corrected chi connectivity index (χ2v) is 7.75. The summed E-state index contributed by atoms with van der Waals surface area (Å²) in [5.41, 5.74) is 1.73. The lowest BCUT2D eigenvalue weighted by atomic mass is 10.0. The van der Waals surface area contributed by atoms with Crippen molar-refractivity contribution in [1.82, 2.24) is 5.32 Å². The summed E-state index contributed by atoms with van der Waals surface area (Å²) in [6.07, 6.45) is 0.320. The van der Waals surface area contributed by atoms with Crippen molar-refractivity contribution in [3.63, 3.8) is 0 Å². The zero-order chi connectivity index (χ0) is 19.3. The number of ether oxygens (including phenoxy) is 3. The van der Waals surface area contributed by atoms with Crippen LogP contribution in [0.5, 0.6) is 5.75 Å².